The summed E-state index contributed by atoms with van der Waals surface area (Å²) in [7, 11) is 0. The minimum Gasteiger partial charge on any atom is -0.299 e. The van der Waals surface area contributed by atoms with E-state index in [0.29, 0.717) is 5.88 Å². The zero-order valence-electron chi connectivity index (χ0n) is 11.7. The molecule has 1 unspecified atom stereocenters. The van der Waals surface area contributed by atoms with Gasteiger partial charge in [-0.3, -0.25) is 4.90 Å². The van der Waals surface area contributed by atoms with Gasteiger partial charge in [-0.15, -0.1) is 22.9 Å². The van der Waals surface area contributed by atoms with Crippen LogP contribution in [0.2, 0.25) is 0 Å². The van der Waals surface area contributed by atoms with E-state index in [1.54, 1.807) is 11.3 Å². The molecule has 1 aromatic heterocycles. The highest BCUT2D eigenvalue weighted by Gasteiger charge is 2.20. The molecule has 1 atom stereocenters. The molecule has 1 saturated heterocycles. The van der Waals surface area contributed by atoms with E-state index >= 15 is 0 Å². The van der Waals surface area contributed by atoms with Crippen molar-refractivity contribution < 1.29 is 0 Å². The van der Waals surface area contributed by atoms with Gasteiger partial charge in [-0.1, -0.05) is 31.2 Å². The Labute approximate surface area is 129 Å². The Morgan fingerprint density at radius 1 is 1.40 bits per heavy atom. The number of benzene rings is 1. The zero-order valence-corrected chi connectivity index (χ0v) is 13.3. The molecule has 2 nitrogen and oxygen atoms in total. The van der Waals surface area contributed by atoms with Crippen molar-refractivity contribution >= 4 is 22.9 Å². The van der Waals surface area contributed by atoms with Gasteiger partial charge in [0.25, 0.3) is 0 Å². The van der Waals surface area contributed by atoms with Gasteiger partial charge in [0.1, 0.15) is 5.01 Å². The molecule has 0 aliphatic carbocycles. The molecule has 1 aromatic carbocycles. The van der Waals surface area contributed by atoms with Gasteiger partial charge in [0.2, 0.25) is 0 Å². The van der Waals surface area contributed by atoms with E-state index in [2.05, 4.69) is 46.5 Å². The van der Waals surface area contributed by atoms with Crippen LogP contribution in [0.25, 0.3) is 10.6 Å². The van der Waals surface area contributed by atoms with E-state index in [-0.39, 0.29) is 0 Å². The number of halogens is 1. The molecule has 0 saturated carbocycles. The fourth-order valence-corrected chi connectivity index (χ4v) is 3.88. The number of aromatic nitrogens is 1. The quantitative estimate of drug-likeness (QED) is 0.779. The summed E-state index contributed by atoms with van der Waals surface area (Å²) in [5, 5.41) is 3.14. The van der Waals surface area contributed by atoms with Gasteiger partial charge in [-0.05, 0) is 24.4 Å². The first-order valence-corrected chi connectivity index (χ1v) is 8.48. The van der Waals surface area contributed by atoms with Crippen molar-refractivity contribution in [3.05, 3.63) is 40.9 Å². The smallest absolute Gasteiger partial charge is 0.123 e. The maximum absolute atomic E-state index is 5.86. The van der Waals surface area contributed by atoms with Crippen molar-refractivity contribution in [3.8, 4) is 10.6 Å². The molecule has 4 heteroatoms. The Bertz CT molecular complexity index is 581. The summed E-state index contributed by atoms with van der Waals surface area (Å²) >= 11 is 7.54. The van der Waals surface area contributed by atoms with Crippen LogP contribution in [0.1, 0.15) is 24.6 Å². The van der Waals surface area contributed by atoms with E-state index in [0.717, 1.165) is 23.2 Å². The number of hydrogen-bond acceptors (Lipinski definition) is 3. The summed E-state index contributed by atoms with van der Waals surface area (Å²) in [6.07, 6.45) is 1.32. The second-order valence-corrected chi connectivity index (χ2v) is 6.69. The van der Waals surface area contributed by atoms with E-state index in [4.69, 9.17) is 11.6 Å². The maximum atomic E-state index is 5.86. The fourth-order valence-electron chi connectivity index (χ4n) is 2.77. The van der Waals surface area contributed by atoms with Crippen molar-refractivity contribution in [2.24, 2.45) is 5.92 Å². The van der Waals surface area contributed by atoms with Gasteiger partial charge in [-0.2, -0.15) is 0 Å². The molecule has 1 fully saturated rings. The lowest BCUT2D eigenvalue weighted by molar-refractivity contribution is 0.321. The van der Waals surface area contributed by atoms with Gasteiger partial charge in [0, 0.05) is 24.0 Å². The first kappa shape index (κ1) is 14.1. The highest BCUT2D eigenvalue weighted by Crippen LogP contribution is 2.29. The minimum absolute atomic E-state index is 0.488. The number of hydrogen-bond donors (Lipinski definition) is 0. The van der Waals surface area contributed by atoms with Crippen LogP contribution in [0.15, 0.2) is 29.6 Å². The third-order valence-electron chi connectivity index (χ3n) is 3.84. The SMILES string of the molecule is CC1CCN(Cc2ccccc2-c2nc(CCl)cs2)C1. The molecule has 106 valence electrons. The van der Waals surface area contributed by atoms with Gasteiger partial charge < -0.3 is 0 Å². The number of rotatable bonds is 4. The van der Waals surface area contributed by atoms with Gasteiger partial charge >= 0.3 is 0 Å². The van der Waals surface area contributed by atoms with Crippen LogP contribution in [0.5, 0.6) is 0 Å². The molecule has 0 radical (unpaired) electrons. The average Bonchev–Trinajstić information content (AvgIpc) is 3.08. The van der Waals surface area contributed by atoms with E-state index in [1.165, 1.54) is 30.6 Å². The second-order valence-electron chi connectivity index (χ2n) is 5.56. The van der Waals surface area contributed by atoms with Crippen LogP contribution in [0, 0.1) is 5.92 Å². The average molecular weight is 307 g/mol. The Kier molecular flexibility index (Phi) is 4.39. The predicted octanol–water partition coefficient (Wildman–Crippen LogP) is 4.39. The lowest BCUT2D eigenvalue weighted by Crippen LogP contribution is -2.20. The summed E-state index contributed by atoms with van der Waals surface area (Å²) in [5.74, 6) is 1.31. The fraction of sp³-hybridized carbons (Fsp3) is 0.438. The highest BCUT2D eigenvalue weighted by molar-refractivity contribution is 7.13. The minimum atomic E-state index is 0.488. The van der Waals surface area contributed by atoms with Crippen LogP contribution in [-0.4, -0.2) is 23.0 Å². The Balaban J connectivity index is 1.84. The summed E-state index contributed by atoms with van der Waals surface area (Å²) in [6.45, 7) is 5.77. The van der Waals surface area contributed by atoms with Gasteiger partial charge in [0.05, 0.1) is 11.6 Å². The molecule has 0 bridgehead atoms. The number of likely N-dealkylation sites (tertiary alicyclic amines) is 1. The van der Waals surface area contributed by atoms with E-state index in [1.807, 2.05) is 0 Å². The van der Waals surface area contributed by atoms with Gasteiger partial charge in [-0.25, -0.2) is 4.98 Å². The highest BCUT2D eigenvalue weighted by atomic mass is 35.5. The molecule has 0 amide bonds. The topological polar surface area (TPSA) is 16.1 Å². The molecule has 0 spiro atoms. The largest absolute Gasteiger partial charge is 0.299 e. The lowest BCUT2D eigenvalue weighted by atomic mass is 10.1. The summed E-state index contributed by atoms with van der Waals surface area (Å²) in [5.41, 5.74) is 3.60. The molecule has 1 aliphatic rings. The Hall–Kier alpha value is -0.900. The van der Waals surface area contributed by atoms with Crippen molar-refractivity contribution in [1.29, 1.82) is 0 Å². The van der Waals surface area contributed by atoms with Crippen LogP contribution in [0.3, 0.4) is 0 Å². The number of alkyl halides is 1. The summed E-state index contributed by atoms with van der Waals surface area (Å²) in [6, 6.07) is 8.60. The van der Waals surface area contributed by atoms with E-state index < -0.39 is 0 Å². The predicted molar refractivity (Wildman–Crippen MR) is 86.2 cm³/mol. The number of thiazole rings is 1. The van der Waals surface area contributed by atoms with Crippen LogP contribution >= 0.6 is 22.9 Å². The summed E-state index contributed by atoms with van der Waals surface area (Å²) in [4.78, 5) is 7.16. The first-order valence-electron chi connectivity index (χ1n) is 7.07. The molecule has 0 N–H and O–H groups in total. The van der Waals surface area contributed by atoms with Crippen LogP contribution in [-0.2, 0) is 12.4 Å². The van der Waals surface area contributed by atoms with Crippen molar-refractivity contribution in [2.45, 2.75) is 25.8 Å². The Morgan fingerprint density at radius 2 is 2.25 bits per heavy atom. The summed E-state index contributed by atoms with van der Waals surface area (Å²) < 4.78 is 0. The second kappa shape index (κ2) is 6.25. The standard InChI is InChI=1S/C16H19ClN2S/c1-12-6-7-19(9-12)10-13-4-2-3-5-15(13)16-18-14(8-17)11-20-16/h2-5,11-12H,6-10H2,1H3. The molecular formula is C16H19ClN2S. The Morgan fingerprint density at radius 3 is 2.95 bits per heavy atom. The van der Waals surface area contributed by atoms with E-state index in [9.17, 15) is 0 Å². The molecular weight excluding hydrogens is 288 g/mol. The monoisotopic (exact) mass is 306 g/mol. The molecule has 2 aromatic rings. The van der Waals surface area contributed by atoms with Crippen molar-refractivity contribution in [1.82, 2.24) is 9.88 Å². The third-order valence-corrected chi connectivity index (χ3v) is 5.04. The lowest BCUT2D eigenvalue weighted by Gasteiger charge is -2.17. The maximum Gasteiger partial charge on any atom is 0.123 e. The zero-order chi connectivity index (χ0) is 13.9. The molecule has 2 heterocycles. The van der Waals surface area contributed by atoms with Crippen LogP contribution < -0.4 is 0 Å². The van der Waals surface area contributed by atoms with Crippen molar-refractivity contribution in [3.63, 3.8) is 0 Å². The first-order chi connectivity index (χ1) is 9.76. The molecule has 1 aliphatic heterocycles. The molecule has 20 heavy (non-hydrogen) atoms. The molecule has 3 rings (SSSR count). The third kappa shape index (κ3) is 3.05. The number of nitrogens with zero attached hydrogens (tertiary/aromatic N) is 2. The normalized spacial score (nSPS) is 19.6. The van der Waals surface area contributed by atoms with Crippen molar-refractivity contribution in [2.75, 3.05) is 13.1 Å². The van der Waals surface area contributed by atoms with Gasteiger partial charge in [0.15, 0.2) is 0 Å². The van der Waals surface area contributed by atoms with Crippen LogP contribution in [0.4, 0.5) is 0 Å².